The van der Waals surface area contributed by atoms with Crippen LogP contribution in [0.4, 0.5) is 0 Å². The quantitative estimate of drug-likeness (QED) is 0.836. The molecular weight excluding hydrogens is 240 g/mol. The average Bonchev–Trinajstić information content (AvgIpc) is 2.74. The summed E-state index contributed by atoms with van der Waals surface area (Å²) < 4.78 is 0. The van der Waals surface area contributed by atoms with Crippen LogP contribution in [0.3, 0.4) is 0 Å². The van der Waals surface area contributed by atoms with Crippen molar-refractivity contribution >= 4 is 11.3 Å². The lowest BCUT2D eigenvalue weighted by Gasteiger charge is -2.27. The normalized spacial score (nSPS) is 15.7. The third-order valence-corrected chi connectivity index (χ3v) is 4.40. The van der Waals surface area contributed by atoms with Crippen LogP contribution in [-0.2, 0) is 11.8 Å². The zero-order valence-electron chi connectivity index (χ0n) is 12.5. The van der Waals surface area contributed by atoms with Crippen LogP contribution >= 0.6 is 11.3 Å². The molecule has 0 aliphatic rings. The Morgan fingerprint density at radius 3 is 2.39 bits per heavy atom. The Balaban J connectivity index is 2.73. The van der Waals surface area contributed by atoms with E-state index in [1.54, 1.807) is 11.3 Å². The van der Waals surface area contributed by atoms with Crippen LogP contribution < -0.4 is 5.73 Å². The largest absolute Gasteiger partial charge is 0.325 e. The Hall–Kier alpha value is -0.410. The lowest BCUT2D eigenvalue weighted by Crippen LogP contribution is -2.41. The summed E-state index contributed by atoms with van der Waals surface area (Å²) in [6.45, 7) is 11.0. The van der Waals surface area contributed by atoms with E-state index in [0.717, 1.165) is 19.3 Å². The number of nitrogens with zero attached hydrogens (tertiary/aromatic N) is 1. The van der Waals surface area contributed by atoms with Crippen molar-refractivity contribution in [1.82, 2.24) is 4.98 Å². The fourth-order valence-corrected chi connectivity index (χ4v) is 3.13. The second kappa shape index (κ2) is 6.16. The Bertz CT molecular complexity index is 365. The van der Waals surface area contributed by atoms with E-state index in [-0.39, 0.29) is 11.0 Å². The maximum absolute atomic E-state index is 6.50. The van der Waals surface area contributed by atoms with Gasteiger partial charge in [-0.25, -0.2) is 4.98 Å². The average molecular weight is 268 g/mol. The molecule has 3 heteroatoms. The van der Waals surface area contributed by atoms with Crippen molar-refractivity contribution in [3.8, 4) is 0 Å². The van der Waals surface area contributed by atoms with Crippen molar-refractivity contribution in [2.24, 2.45) is 5.73 Å². The van der Waals surface area contributed by atoms with E-state index in [0.29, 0.717) is 0 Å². The summed E-state index contributed by atoms with van der Waals surface area (Å²) in [6, 6.07) is 0. The molecule has 0 radical (unpaired) electrons. The number of hydrogen-bond donors (Lipinski definition) is 1. The lowest BCUT2D eigenvalue weighted by molar-refractivity contribution is 0.364. The second-order valence-corrected chi connectivity index (χ2v) is 7.32. The molecule has 0 bridgehead atoms. The second-order valence-electron chi connectivity index (χ2n) is 6.37. The molecule has 0 aromatic carbocycles. The van der Waals surface area contributed by atoms with Crippen LogP contribution in [0.1, 0.15) is 71.0 Å². The molecule has 1 aromatic heterocycles. The first-order chi connectivity index (χ1) is 8.30. The van der Waals surface area contributed by atoms with Crippen molar-refractivity contribution in [3.05, 3.63) is 16.1 Å². The first-order valence-corrected chi connectivity index (χ1v) is 7.92. The number of hydrogen-bond acceptors (Lipinski definition) is 3. The van der Waals surface area contributed by atoms with Gasteiger partial charge in [0.25, 0.3) is 0 Å². The van der Waals surface area contributed by atoms with Crippen LogP contribution in [0.25, 0.3) is 0 Å². The zero-order valence-corrected chi connectivity index (χ0v) is 13.4. The standard InChI is InChI=1S/C15H28N2S/c1-6-8-9-15(16,7-2)10-13-17-12(11-18-13)14(3,4)5/h11H,6-10,16H2,1-5H3. The maximum Gasteiger partial charge on any atom is 0.0946 e. The molecule has 1 unspecified atom stereocenters. The molecule has 0 amide bonds. The molecule has 1 aromatic rings. The van der Waals surface area contributed by atoms with Gasteiger partial charge in [-0.3, -0.25) is 0 Å². The minimum atomic E-state index is -0.0665. The highest BCUT2D eigenvalue weighted by Gasteiger charge is 2.25. The Morgan fingerprint density at radius 2 is 1.94 bits per heavy atom. The van der Waals surface area contributed by atoms with Crippen molar-refractivity contribution < 1.29 is 0 Å². The smallest absolute Gasteiger partial charge is 0.0946 e. The van der Waals surface area contributed by atoms with Crippen molar-refractivity contribution in [1.29, 1.82) is 0 Å². The highest BCUT2D eigenvalue weighted by atomic mass is 32.1. The molecule has 18 heavy (non-hydrogen) atoms. The number of aromatic nitrogens is 1. The fraction of sp³-hybridized carbons (Fsp3) is 0.800. The monoisotopic (exact) mass is 268 g/mol. The van der Waals surface area contributed by atoms with Crippen LogP contribution in [-0.4, -0.2) is 10.5 Å². The molecule has 1 atom stereocenters. The van der Waals surface area contributed by atoms with Gasteiger partial charge in [-0.1, -0.05) is 47.5 Å². The summed E-state index contributed by atoms with van der Waals surface area (Å²) in [6.07, 6.45) is 5.47. The van der Waals surface area contributed by atoms with E-state index in [1.807, 2.05) is 0 Å². The van der Waals surface area contributed by atoms with Gasteiger partial charge < -0.3 is 5.73 Å². The Morgan fingerprint density at radius 1 is 1.28 bits per heavy atom. The van der Waals surface area contributed by atoms with E-state index in [4.69, 9.17) is 10.7 Å². The molecule has 0 aliphatic heterocycles. The molecule has 1 heterocycles. The Labute approximate surface area is 116 Å². The molecule has 0 aliphatic carbocycles. The van der Waals surface area contributed by atoms with Gasteiger partial charge in [0, 0.05) is 22.8 Å². The van der Waals surface area contributed by atoms with Gasteiger partial charge in [-0.15, -0.1) is 11.3 Å². The molecule has 0 saturated carbocycles. The van der Waals surface area contributed by atoms with Crippen LogP contribution in [0, 0.1) is 0 Å². The van der Waals surface area contributed by atoms with Gasteiger partial charge in [0.15, 0.2) is 0 Å². The van der Waals surface area contributed by atoms with Gasteiger partial charge in [-0.05, 0) is 12.8 Å². The fourth-order valence-electron chi connectivity index (χ4n) is 1.96. The van der Waals surface area contributed by atoms with Crippen molar-refractivity contribution in [3.63, 3.8) is 0 Å². The molecule has 0 fully saturated rings. The van der Waals surface area contributed by atoms with Crippen LogP contribution in [0.15, 0.2) is 5.38 Å². The van der Waals surface area contributed by atoms with Gasteiger partial charge in [0.2, 0.25) is 0 Å². The summed E-state index contributed by atoms with van der Waals surface area (Å²) in [5.74, 6) is 0. The molecule has 1 rings (SSSR count). The van der Waals surface area contributed by atoms with Gasteiger partial charge >= 0.3 is 0 Å². The van der Waals surface area contributed by atoms with E-state index in [2.05, 4.69) is 40.0 Å². The summed E-state index contributed by atoms with van der Waals surface area (Å²) in [5.41, 5.74) is 7.77. The topological polar surface area (TPSA) is 38.9 Å². The van der Waals surface area contributed by atoms with E-state index < -0.39 is 0 Å². The van der Waals surface area contributed by atoms with Gasteiger partial charge in [0.05, 0.1) is 10.7 Å². The Kier molecular flexibility index (Phi) is 5.35. The summed E-state index contributed by atoms with van der Waals surface area (Å²) >= 11 is 1.76. The molecule has 2 nitrogen and oxygen atoms in total. The predicted octanol–water partition coefficient (Wildman–Crippen LogP) is 4.28. The first kappa shape index (κ1) is 15.6. The minimum Gasteiger partial charge on any atom is -0.325 e. The van der Waals surface area contributed by atoms with Crippen molar-refractivity contribution in [2.45, 2.75) is 77.7 Å². The summed E-state index contributed by atoms with van der Waals surface area (Å²) in [5, 5.41) is 3.38. The highest BCUT2D eigenvalue weighted by Crippen LogP contribution is 2.27. The number of nitrogens with two attached hydrogens (primary N) is 1. The summed E-state index contributed by atoms with van der Waals surface area (Å²) in [4.78, 5) is 4.76. The third kappa shape index (κ3) is 4.36. The third-order valence-electron chi connectivity index (χ3n) is 3.56. The number of unbranched alkanes of at least 4 members (excludes halogenated alkanes) is 1. The number of rotatable bonds is 6. The van der Waals surface area contributed by atoms with E-state index in [1.165, 1.54) is 23.5 Å². The summed E-state index contributed by atoms with van der Waals surface area (Å²) in [7, 11) is 0. The first-order valence-electron chi connectivity index (χ1n) is 7.04. The molecular formula is C15H28N2S. The zero-order chi connectivity index (χ0) is 13.8. The minimum absolute atomic E-state index is 0.0665. The SMILES string of the molecule is CCCCC(N)(CC)Cc1nc(C(C)(C)C)cs1. The lowest BCUT2D eigenvalue weighted by atomic mass is 9.87. The highest BCUT2D eigenvalue weighted by molar-refractivity contribution is 7.09. The predicted molar refractivity (Wildman–Crippen MR) is 81.3 cm³/mol. The van der Waals surface area contributed by atoms with E-state index in [9.17, 15) is 0 Å². The molecule has 104 valence electrons. The van der Waals surface area contributed by atoms with Crippen molar-refractivity contribution in [2.75, 3.05) is 0 Å². The molecule has 2 N–H and O–H groups in total. The van der Waals surface area contributed by atoms with Crippen LogP contribution in [0.2, 0.25) is 0 Å². The number of thiazole rings is 1. The van der Waals surface area contributed by atoms with Gasteiger partial charge in [-0.2, -0.15) is 0 Å². The molecule has 0 spiro atoms. The van der Waals surface area contributed by atoms with Gasteiger partial charge in [0.1, 0.15) is 0 Å². The van der Waals surface area contributed by atoms with Crippen LogP contribution in [0.5, 0.6) is 0 Å². The maximum atomic E-state index is 6.50. The molecule has 0 saturated heterocycles. The van der Waals surface area contributed by atoms with E-state index >= 15 is 0 Å².